The van der Waals surface area contributed by atoms with Crippen molar-refractivity contribution in [2.24, 2.45) is 0 Å². The van der Waals surface area contributed by atoms with Crippen LogP contribution in [-0.2, 0) is 4.74 Å². The highest BCUT2D eigenvalue weighted by Crippen LogP contribution is 2.35. The molecule has 1 heterocycles. The van der Waals surface area contributed by atoms with Crippen LogP contribution in [-0.4, -0.2) is 25.6 Å². The number of rotatable bonds is 5. The first-order valence-electron chi connectivity index (χ1n) is 8.62. The SMILES string of the molecule is CCOc1ccc2ccccc2c1C(=O)Nc1sc(C)c(C)c1C(=O)OC. The Morgan fingerprint density at radius 3 is 2.52 bits per heavy atom. The number of hydrogen-bond acceptors (Lipinski definition) is 5. The zero-order valence-corrected chi connectivity index (χ0v) is 16.5. The molecule has 6 heteroatoms. The number of carbonyl (C=O) groups is 2. The van der Waals surface area contributed by atoms with Crippen LogP contribution in [0.1, 0.15) is 38.1 Å². The fourth-order valence-electron chi connectivity index (χ4n) is 2.99. The smallest absolute Gasteiger partial charge is 0.341 e. The standard InChI is InChI=1S/C21H21NO4S/c1-5-26-16-11-10-14-8-6-7-9-15(14)18(16)19(23)22-20-17(21(24)25-4)12(2)13(3)27-20/h6-11H,5H2,1-4H3,(H,22,23). The molecule has 3 aromatic rings. The number of nitrogens with one attached hydrogen (secondary N) is 1. The fraction of sp³-hybridized carbons (Fsp3) is 0.238. The molecule has 0 saturated heterocycles. The van der Waals surface area contributed by atoms with E-state index in [9.17, 15) is 9.59 Å². The van der Waals surface area contributed by atoms with Crippen LogP contribution in [0.3, 0.4) is 0 Å². The van der Waals surface area contributed by atoms with E-state index < -0.39 is 5.97 Å². The maximum Gasteiger partial charge on any atom is 0.341 e. The summed E-state index contributed by atoms with van der Waals surface area (Å²) < 4.78 is 10.6. The number of methoxy groups -OCH3 is 1. The maximum absolute atomic E-state index is 13.2. The molecule has 0 aliphatic rings. The van der Waals surface area contributed by atoms with Crippen LogP contribution in [0.2, 0.25) is 0 Å². The summed E-state index contributed by atoms with van der Waals surface area (Å²) in [6.45, 7) is 6.07. The Morgan fingerprint density at radius 2 is 1.81 bits per heavy atom. The molecule has 0 aliphatic carbocycles. The highest BCUT2D eigenvalue weighted by atomic mass is 32.1. The summed E-state index contributed by atoms with van der Waals surface area (Å²) in [7, 11) is 1.33. The van der Waals surface area contributed by atoms with Crippen molar-refractivity contribution in [2.45, 2.75) is 20.8 Å². The van der Waals surface area contributed by atoms with E-state index in [0.29, 0.717) is 28.5 Å². The maximum atomic E-state index is 13.2. The third kappa shape index (κ3) is 3.53. The lowest BCUT2D eigenvalue weighted by molar-refractivity contribution is 0.0601. The second kappa shape index (κ2) is 7.80. The number of hydrogen-bond donors (Lipinski definition) is 1. The van der Waals surface area contributed by atoms with Crippen LogP contribution in [0.5, 0.6) is 5.75 Å². The first kappa shape index (κ1) is 18.9. The quantitative estimate of drug-likeness (QED) is 0.633. The highest BCUT2D eigenvalue weighted by Gasteiger charge is 2.24. The fourth-order valence-corrected chi connectivity index (χ4v) is 4.03. The molecule has 140 valence electrons. The Labute approximate surface area is 161 Å². The molecule has 0 spiro atoms. The zero-order valence-electron chi connectivity index (χ0n) is 15.7. The first-order valence-corrected chi connectivity index (χ1v) is 9.43. The Balaban J connectivity index is 2.09. The van der Waals surface area contributed by atoms with Gasteiger partial charge in [0.1, 0.15) is 10.8 Å². The van der Waals surface area contributed by atoms with Gasteiger partial charge in [0.2, 0.25) is 0 Å². The monoisotopic (exact) mass is 383 g/mol. The number of thiophene rings is 1. The lowest BCUT2D eigenvalue weighted by Gasteiger charge is -2.13. The number of esters is 1. The molecule has 0 unspecified atom stereocenters. The van der Waals surface area contributed by atoms with Crippen molar-refractivity contribution < 1.29 is 19.1 Å². The van der Waals surface area contributed by atoms with Gasteiger partial charge in [-0.3, -0.25) is 4.79 Å². The average molecular weight is 383 g/mol. The first-order chi connectivity index (χ1) is 13.0. The molecule has 0 bridgehead atoms. The molecule has 5 nitrogen and oxygen atoms in total. The van der Waals surface area contributed by atoms with E-state index in [1.54, 1.807) is 6.07 Å². The van der Waals surface area contributed by atoms with Gasteiger partial charge in [-0.1, -0.05) is 30.3 Å². The van der Waals surface area contributed by atoms with E-state index in [-0.39, 0.29) is 5.91 Å². The van der Waals surface area contributed by atoms with Crippen LogP contribution in [0.25, 0.3) is 10.8 Å². The van der Waals surface area contributed by atoms with Gasteiger partial charge in [0, 0.05) is 4.88 Å². The van der Waals surface area contributed by atoms with Crippen LogP contribution in [0.4, 0.5) is 5.00 Å². The summed E-state index contributed by atoms with van der Waals surface area (Å²) in [5, 5.41) is 5.12. The van der Waals surface area contributed by atoms with Crippen molar-refractivity contribution in [1.29, 1.82) is 0 Å². The van der Waals surface area contributed by atoms with E-state index in [2.05, 4.69) is 5.32 Å². The molecule has 1 N–H and O–H groups in total. The predicted octanol–water partition coefficient (Wildman–Crippen LogP) is 4.96. The largest absolute Gasteiger partial charge is 0.493 e. The van der Waals surface area contributed by atoms with Crippen LogP contribution in [0, 0.1) is 13.8 Å². The Bertz CT molecular complexity index is 1020. The number of carbonyl (C=O) groups excluding carboxylic acids is 2. The summed E-state index contributed by atoms with van der Waals surface area (Å²) in [5.41, 5.74) is 1.66. The zero-order chi connectivity index (χ0) is 19.6. The van der Waals surface area contributed by atoms with E-state index >= 15 is 0 Å². The topological polar surface area (TPSA) is 64.6 Å². The van der Waals surface area contributed by atoms with Crippen molar-refractivity contribution in [3.05, 3.63) is 58.0 Å². The van der Waals surface area contributed by atoms with Gasteiger partial charge >= 0.3 is 5.97 Å². The Kier molecular flexibility index (Phi) is 5.46. The third-order valence-electron chi connectivity index (χ3n) is 4.42. The van der Waals surface area contributed by atoms with Crippen molar-refractivity contribution in [2.75, 3.05) is 19.0 Å². The second-order valence-electron chi connectivity index (χ2n) is 6.03. The van der Waals surface area contributed by atoms with Crippen LogP contribution < -0.4 is 10.1 Å². The number of ether oxygens (including phenoxy) is 2. The summed E-state index contributed by atoms with van der Waals surface area (Å²) in [5.74, 6) is -0.268. The summed E-state index contributed by atoms with van der Waals surface area (Å²) in [6, 6.07) is 11.4. The number of anilines is 1. The summed E-state index contributed by atoms with van der Waals surface area (Å²) in [4.78, 5) is 26.3. The van der Waals surface area contributed by atoms with Crippen molar-refractivity contribution in [3.63, 3.8) is 0 Å². The second-order valence-corrected chi connectivity index (χ2v) is 7.25. The minimum absolute atomic E-state index is 0.318. The van der Waals surface area contributed by atoms with Crippen LogP contribution >= 0.6 is 11.3 Å². The summed E-state index contributed by atoms with van der Waals surface area (Å²) in [6.07, 6.45) is 0. The van der Waals surface area contributed by atoms with E-state index in [1.807, 2.05) is 51.1 Å². The van der Waals surface area contributed by atoms with E-state index in [1.165, 1.54) is 18.4 Å². The molecule has 27 heavy (non-hydrogen) atoms. The molecule has 3 rings (SSSR count). The van der Waals surface area contributed by atoms with Gasteiger partial charge < -0.3 is 14.8 Å². The third-order valence-corrected chi connectivity index (χ3v) is 5.54. The van der Waals surface area contributed by atoms with Crippen LogP contribution in [0.15, 0.2) is 36.4 Å². The predicted molar refractivity (Wildman–Crippen MR) is 108 cm³/mol. The Morgan fingerprint density at radius 1 is 1.07 bits per heavy atom. The number of amides is 1. The van der Waals surface area contributed by atoms with Gasteiger partial charge in [-0.25, -0.2) is 4.79 Å². The highest BCUT2D eigenvalue weighted by molar-refractivity contribution is 7.16. The van der Waals surface area contributed by atoms with Gasteiger partial charge in [0.05, 0.1) is 24.8 Å². The molecular weight excluding hydrogens is 362 g/mol. The molecule has 0 aliphatic heterocycles. The molecular formula is C21H21NO4S. The number of fused-ring (bicyclic) bond motifs is 1. The molecule has 0 saturated carbocycles. The number of aryl methyl sites for hydroxylation is 1. The molecule has 0 fully saturated rings. The molecule has 2 aromatic carbocycles. The van der Waals surface area contributed by atoms with E-state index in [4.69, 9.17) is 9.47 Å². The molecule has 0 atom stereocenters. The minimum Gasteiger partial charge on any atom is -0.493 e. The van der Waals surface area contributed by atoms with Gasteiger partial charge in [-0.2, -0.15) is 0 Å². The van der Waals surface area contributed by atoms with Gasteiger partial charge in [-0.05, 0) is 43.2 Å². The summed E-state index contributed by atoms with van der Waals surface area (Å²) >= 11 is 1.36. The molecule has 0 radical (unpaired) electrons. The van der Waals surface area contributed by atoms with Gasteiger partial charge in [0.25, 0.3) is 5.91 Å². The van der Waals surface area contributed by atoms with Crippen molar-refractivity contribution in [1.82, 2.24) is 0 Å². The average Bonchev–Trinajstić information content (AvgIpc) is 2.94. The lowest BCUT2D eigenvalue weighted by Crippen LogP contribution is -2.16. The number of benzene rings is 2. The van der Waals surface area contributed by atoms with Crippen molar-refractivity contribution in [3.8, 4) is 5.75 Å². The Hall–Kier alpha value is -2.86. The van der Waals surface area contributed by atoms with Crippen molar-refractivity contribution >= 4 is 39.0 Å². The van der Waals surface area contributed by atoms with Gasteiger partial charge in [-0.15, -0.1) is 11.3 Å². The molecule has 1 aromatic heterocycles. The molecule has 1 amide bonds. The van der Waals surface area contributed by atoms with Gasteiger partial charge in [0.15, 0.2) is 0 Å². The minimum atomic E-state index is -0.463. The normalized spacial score (nSPS) is 10.7. The van der Waals surface area contributed by atoms with E-state index in [0.717, 1.165) is 21.2 Å². The lowest BCUT2D eigenvalue weighted by atomic mass is 10.0.